The van der Waals surface area contributed by atoms with E-state index in [0.717, 1.165) is 28.4 Å². The zero-order chi connectivity index (χ0) is 14.8. The topological polar surface area (TPSA) is 48.1 Å². The van der Waals surface area contributed by atoms with E-state index in [2.05, 4.69) is 17.3 Å². The summed E-state index contributed by atoms with van der Waals surface area (Å²) in [5, 5.41) is 3.05. The summed E-state index contributed by atoms with van der Waals surface area (Å²) in [5.74, 6) is 0.886. The molecule has 0 saturated heterocycles. The summed E-state index contributed by atoms with van der Waals surface area (Å²) in [4.78, 5) is 4.67. The maximum absolute atomic E-state index is 6.24. The number of benzene rings is 1. The Kier molecular flexibility index (Phi) is 4.45. The fourth-order valence-electron chi connectivity index (χ4n) is 1.80. The minimum atomic E-state index is -0.344. The summed E-state index contributed by atoms with van der Waals surface area (Å²) < 4.78 is 5.64. The van der Waals surface area contributed by atoms with Crippen molar-refractivity contribution in [3.8, 4) is 17.0 Å². The molecule has 0 radical (unpaired) electrons. The lowest BCUT2D eigenvalue weighted by Crippen LogP contribution is -2.31. The third-order valence-corrected chi connectivity index (χ3v) is 4.37. The highest BCUT2D eigenvalue weighted by Crippen LogP contribution is 2.30. The van der Waals surface area contributed by atoms with Crippen LogP contribution in [0.25, 0.3) is 11.3 Å². The fourth-order valence-corrected chi connectivity index (χ4v) is 2.77. The van der Waals surface area contributed by atoms with Gasteiger partial charge in [-0.25, -0.2) is 4.98 Å². The monoisotopic (exact) mass is 290 g/mol. The van der Waals surface area contributed by atoms with Crippen molar-refractivity contribution in [2.45, 2.75) is 45.8 Å². The molecule has 3 nitrogen and oxygen atoms in total. The van der Waals surface area contributed by atoms with E-state index < -0.39 is 0 Å². The van der Waals surface area contributed by atoms with Crippen LogP contribution >= 0.6 is 11.3 Å². The zero-order valence-electron chi connectivity index (χ0n) is 12.5. The average molecular weight is 290 g/mol. The quantitative estimate of drug-likeness (QED) is 0.898. The van der Waals surface area contributed by atoms with Crippen molar-refractivity contribution in [2.75, 3.05) is 0 Å². The second kappa shape index (κ2) is 5.94. The highest BCUT2D eigenvalue weighted by molar-refractivity contribution is 7.10. The van der Waals surface area contributed by atoms with Crippen LogP contribution in [-0.4, -0.2) is 11.1 Å². The molecule has 20 heavy (non-hydrogen) atoms. The molecular formula is C16H22N2OS. The Labute approximate surface area is 124 Å². The van der Waals surface area contributed by atoms with Gasteiger partial charge in [0.15, 0.2) is 0 Å². The van der Waals surface area contributed by atoms with Gasteiger partial charge >= 0.3 is 0 Å². The summed E-state index contributed by atoms with van der Waals surface area (Å²) >= 11 is 1.62. The molecule has 0 bridgehead atoms. The van der Waals surface area contributed by atoms with Gasteiger partial charge < -0.3 is 10.5 Å². The lowest BCUT2D eigenvalue weighted by Gasteiger charge is -2.18. The highest BCUT2D eigenvalue weighted by Gasteiger charge is 2.22. The van der Waals surface area contributed by atoms with E-state index in [-0.39, 0.29) is 11.6 Å². The molecule has 0 aliphatic rings. The first-order valence-corrected chi connectivity index (χ1v) is 7.82. The van der Waals surface area contributed by atoms with E-state index in [1.54, 1.807) is 11.3 Å². The van der Waals surface area contributed by atoms with Crippen molar-refractivity contribution < 1.29 is 4.74 Å². The van der Waals surface area contributed by atoms with Gasteiger partial charge in [0.25, 0.3) is 0 Å². The van der Waals surface area contributed by atoms with E-state index in [1.165, 1.54) is 0 Å². The highest BCUT2D eigenvalue weighted by atomic mass is 32.1. The number of ether oxygens (including phenoxy) is 1. The Morgan fingerprint density at radius 3 is 2.50 bits per heavy atom. The van der Waals surface area contributed by atoms with Crippen molar-refractivity contribution in [1.82, 2.24) is 4.98 Å². The summed E-state index contributed by atoms with van der Waals surface area (Å²) in [6, 6.07) is 8.04. The normalized spacial score (nSPS) is 14.3. The molecule has 2 rings (SSSR count). The second-order valence-electron chi connectivity index (χ2n) is 5.50. The Hall–Kier alpha value is -1.39. The molecular weight excluding hydrogens is 268 g/mol. The number of rotatable bonds is 5. The predicted octanol–water partition coefficient (Wildman–Crippen LogP) is 4.18. The molecule has 1 atom stereocenters. The van der Waals surface area contributed by atoms with Crippen LogP contribution in [-0.2, 0) is 5.54 Å². The predicted molar refractivity (Wildman–Crippen MR) is 85.1 cm³/mol. The van der Waals surface area contributed by atoms with E-state index >= 15 is 0 Å². The van der Waals surface area contributed by atoms with Gasteiger partial charge in [-0.1, -0.05) is 6.92 Å². The average Bonchev–Trinajstić information content (AvgIpc) is 2.89. The maximum Gasteiger partial charge on any atom is 0.119 e. The molecule has 1 unspecified atom stereocenters. The van der Waals surface area contributed by atoms with Gasteiger partial charge in [0.1, 0.15) is 10.8 Å². The van der Waals surface area contributed by atoms with Gasteiger partial charge in [0.05, 0.1) is 17.3 Å². The van der Waals surface area contributed by atoms with Gasteiger partial charge in [-0.2, -0.15) is 0 Å². The van der Waals surface area contributed by atoms with Crippen LogP contribution in [0.15, 0.2) is 29.6 Å². The van der Waals surface area contributed by atoms with Gasteiger partial charge in [-0.15, -0.1) is 11.3 Å². The Bertz CT molecular complexity index is 558. The molecule has 108 valence electrons. The molecule has 4 heteroatoms. The maximum atomic E-state index is 6.24. The first kappa shape index (κ1) is 15.0. The van der Waals surface area contributed by atoms with Crippen molar-refractivity contribution in [3.05, 3.63) is 34.7 Å². The van der Waals surface area contributed by atoms with Gasteiger partial charge in [0.2, 0.25) is 0 Å². The van der Waals surface area contributed by atoms with Gasteiger partial charge in [-0.3, -0.25) is 0 Å². The number of hydrogen-bond acceptors (Lipinski definition) is 4. The molecule has 2 aromatic rings. The van der Waals surface area contributed by atoms with Crippen molar-refractivity contribution >= 4 is 11.3 Å². The van der Waals surface area contributed by atoms with Crippen LogP contribution in [0.1, 0.15) is 39.1 Å². The standard InChI is InChI=1S/C16H22N2OS/c1-5-16(4,17)15-18-14(10-20-15)12-6-8-13(9-7-12)19-11(2)3/h6-11H,5,17H2,1-4H3. The third-order valence-electron chi connectivity index (χ3n) is 3.25. The number of nitrogens with zero attached hydrogens (tertiary/aromatic N) is 1. The van der Waals surface area contributed by atoms with Crippen LogP contribution in [0.3, 0.4) is 0 Å². The SMILES string of the molecule is CCC(C)(N)c1nc(-c2ccc(OC(C)C)cc2)cs1. The molecule has 2 N–H and O–H groups in total. The van der Waals surface area contributed by atoms with Gasteiger partial charge in [-0.05, 0) is 51.5 Å². The summed E-state index contributed by atoms with van der Waals surface area (Å²) in [5.41, 5.74) is 7.96. The Morgan fingerprint density at radius 1 is 1.30 bits per heavy atom. The second-order valence-corrected chi connectivity index (χ2v) is 6.36. The molecule has 0 spiro atoms. The molecule has 0 amide bonds. The van der Waals surface area contributed by atoms with Crippen LogP contribution in [0.5, 0.6) is 5.75 Å². The summed E-state index contributed by atoms with van der Waals surface area (Å²) in [6.07, 6.45) is 1.07. The Balaban J connectivity index is 2.20. The van der Waals surface area contributed by atoms with Crippen LogP contribution in [0, 0.1) is 0 Å². The largest absolute Gasteiger partial charge is 0.491 e. The molecule has 0 aliphatic carbocycles. The molecule has 1 aromatic carbocycles. The molecule has 1 heterocycles. The number of thiazole rings is 1. The van der Waals surface area contributed by atoms with E-state index in [1.807, 2.05) is 45.0 Å². The first-order valence-electron chi connectivity index (χ1n) is 6.94. The van der Waals surface area contributed by atoms with Gasteiger partial charge in [0, 0.05) is 10.9 Å². The molecule has 0 fully saturated rings. The Morgan fingerprint density at radius 2 is 1.95 bits per heavy atom. The van der Waals surface area contributed by atoms with Crippen LogP contribution < -0.4 is 10.5 Å². The van der Waals surface area contributed by atoms with Crippen molar-refractivity contribution in [1.29, 1.82) is 0 Å². The smallest absolute Gasteiger partial charge is 0.119 e. The van der Waals surface area contributed by atoms with E-state index in [9.17, 15) is 0 Å². The van der Waals surface area contributed by atoms with Crippen LogP contribution in [0.2, 0.25) is 0 Å². The minimum absolute atomic E-state index is 0.189. The van der Waals surface area contributed by atoms with Crippen LogP contribution in [0.4, 0.5) is 0 Å². The third kappa shape index (κ3) is 3.38. The first-order chi connectivity index (χ1) is 9.42. The molecule has 0 aliphatic heterocycles. The zero-order valence-corrected chi connectivity index (χ0v) is 13.3. The summed E-state index contributed by atoms with van der Waals surface area (Å²) in [6.45, 7) is 8.15. The van der Waals surface area contributed by atoms with Crippen molar-refractivity contribution in [3.63, 3.8) is 0 Å². The molecule has 1 aromatic heterocycles. The number of nitrogens with two attached hydrogens (primary N) is 1. The number of hydrogen-bond donors (Lipinski definition) is 1. The lowest BCUT2D eigenvalue weighted by molar-refractivity contribution is 0.242. The van der Waals surface area contributed by atoms with E-state index in [0.29, 0.717) is 0 Å². The fraction of sp³-hybridized carbons (Fsp3) is 0.438. The summed E-state index contributed by atoms with van der Waals surface area (Å²) in [7, 11) is 0. The molecule has 0 saturated carbocycles. The van der Waals surface area contributed by atoms with E-state index in [4.69, 9.17) is 10.5 Å². The van der Waals surface area contributed by atoms with Crippen molar-refractivity contribution in [2.24, 2.45) is 5.73 Å². The number of aromatic nitrogens is 1. The lowest BCUT2D eigenvalue weighted by atomic mass is 10.0. The minimum Gasteiger partial charge on any atom is -0.491 e.